The Balaban J connectivity index is 2.97. The van der Waals surface area contributed by atoms with Crippen molar-refractivity contribution in [2.45, 2.75) is 38.3 Å². The molecular weight excluding hydrogens is 269 g/mol. The van der Waals surface area contributed by atoms with Crippen molar-refractivity contribution in [2.75, 3.05) is 14.1 Å². The van der Waals surface area contributed by atoms with E-state index in [1.54, 1.807) is 12.1 Å². The van der Waals surface area contributed by atoms with Gasteiger partial charge in [0.25, 0.3) is 0 Å². The summed E-state index contributed by atoms with van der Waals surface area (Å²) in [7, 11) is 3.95. The van der Waals surface area contributed by atoms with Crippen LogP contribution in [-0.2, 0) is 6.42 Å². The lowest BCUT2D eigenvalue weighted by atomic mass is 9.86. The van der Waals surface area contributed by atoms with Gasteiger partial charge < -0.3 is 10.0 Å². The van der Waals surface area contributed by atoms with Gasteiger partial charge in [-0.1, -0.05) is 36.2 Å². The molecule has 0 amide bonds. The zero-order chi connectivity index (χ0) is 13.9. The molecule has 1 N–H and O–H groups in total. The van der Waals surface area contributed by atoms with Gasteiger partial charge in [0.05, 0.1) is 6.10 Å². The second-order valence-electron chi connectivity index (χ2n) is 5.03. The molecule has 4 heteroatoms. The van der Waals surface area contributed by atoms with Crippen LogP contribution in [0.3, 0.4) is 0 Å². The number of halogens is 2. The molecule has 2 unspecified atom stereocenters. The number of aliphatic hydroxyl groups excluding tert-OH is 1. The fourth-order valence-corrected chi connectivity index (χ4v) is 2.54. The fourth-order valence-electron chi connectivity index (χ4n) is 1.99. The monoisotopic (exact) mass is 289 g/mol. The van der Waals surface area contributed by atoms with Gasteiger partial charge in [0.2, 0.25) is 0 Å². The summed E-state index contributed by atoms with van der Waals surface area (Å²) < 4.78 is 0. The molecule has 0 aliphatic heterocycles. The standard InChI is InChI=1S/C14H21Cl2NO/c1-5-14(2,17(3)4)13(18)9-10-11(15)7-6-8-12(10)16/h6-8,13,18H,5,9H2,1-4H3. The minimum atomic E-state index is -0.519. The summed E-state index contributed by atoms with van der Waals surface area (Å²) >= 11 is 12.3. The van der Waals surface area contributed by atoms with Crippen molar-refractivity contribution in [3.63, 3.8) is 0 Å². The van der Waals surface area contributed by atoms with Crippen LogP contribution in [0.4, 0.5) is 0 Å². The van der Waals surface area contributed by atoms with Crippen molar-refractivity contribution in [2.24, 2.45) is 0 Å². The van der Waals surface area contributed by atoms with Crippen molar-refractivity contribution in [3.05, 3.63) is 33.8 Å². The van der Waals surface area contributed by atoms with Gasteiger partial charge >= 0.3 is 0 Å². The van der Waals surface area contributed by atoms with Crippen LogP contribution in [0.1, 0.15) is 25.8 Å². The molecule has 1 aromatic rings. The van der Waals surface area contributed by atoms with Crippen LogP contribution >= 0.6 is 23.2 Å². The summed E-state index contributed by atoms with van der Waals surface area (Å²) in [5.74, 6) is 0. The first kappa shape index (κ1) is 15.8. The van der Waals surface area contributed by atoms with E-state index in [0.29, 0.717) is 16.5 Å². The van der Waals surface area contributed by atoms with Crippen LogP contribution in [0.5, 0.6) is 0 Å². The normalized spacial score (nSPS) is 16.7. The van der Waals surface area contributed by atoms with Gasteiger partial charge in [-0.05, 0) is 45.1 Å². The third-order valence-electron chi connectivity index (χ3n) is 3.91. The van der Waals surface area contributed by atoms with Gasteiger partial charge in [-0.25, -0.2) is 0 Å². The molecule has 0 saturated heterocycles. The van der Waals surface area contributed by atoms with E-state index in [4.69, 9.17) is 23.2 Å². The van der Waals surface area contributed by atoms with Crippen molar-refractivity contribution in [1.82, 2.24) is 4.90 Å². The fraction of sp³-hybridized carbons (Fsp3) is 0.571. The van der Waals surface area contributed by atoms with Crippen LogP contribution in [0.25, 0.3) is 0 Å². The lowest BCUT2D eigenvalue weighted by Gasteiger charge is -2.40. The Hall–Kier alpha value is -0.280. The molecule has 0 aromatic heterocycles. The van der Waals surface area contributed by atoms with Crippen molar-refractivity contribution >= 4 is 23.2 Å². The second kappa shape index (κ2) is 6.25. The summed E-state index contributed by atoms with van der Waals surface area (Å²) in [4.78, 5) is 2.04. The van der Waals surface area contributed by atoms with E-state index in [1.165, 1.54) is 0 Å². The molecule has 2 atom stereocenters. The predicted molar refractivity (Wildman–Crippen MR) is 78.6 cm³/mol. The Kier molecular flexibility index (Phi) is 5.47. The zero-order valence-corrected chi connectivity index (χ0v) is 12.9. The van der Waals surface area contributed by atoms with E-state index in [9.17, 15) is 5.11 Å². The van der Waals surface area contributed by atoms with Gasteiger partial charge in [0, 0.05) is 22.0 Å². The Bertz CT molecular complexity index is 389. The summed E-state index contributed by atoms with van der Waals surface area (Å²) in [6.07, 6.45) is 0.791. The summed E-state index contributed by atoms with van der Waals surface area (Å²) in [5, 5.41) is 11.7. The Morgan fingerprint density at radius 2 is 1.78 bits per heavy atom. The van der Waals surface area contributed by atoms with E-state index in [0.717, 1.165) is 12.0 Å². The topological polar surface area (TPSA) is 23.5 Å². The van der Waals surface area contributed by atoms with Crippen LogP contribution in [-0.4, -0.2) is 35.7 Å². The maximum absolute atomic E-state index is 10.5. The number of nitrogens with zero attached hydrogens (tertiary/aromatic N) is 1. The molecule has 2 nitrogen and oxygen atoms in total. The largest absolute Gasteiger partial charge is 0.391 e. The summed E-state index contributed by atoms with van der Waals surface area (Å²) in [5.41, 5.74) is 0.525. The molecule has 102 valence electrons. The molecule has 0 saturated carbocycles. The van der Waals surface area contributed by atoms with Gasteiger partial charge in [-0.15, -0.1) is 0 Å². The highest BCUT2D eigenvalue weighted by Crippen LogP contribution is 2.30. The molecule has 1 rings (SSSR count). The second-order valence-corrected chi connectivity index (χ2v) is 5.84. The van der Waals surface area contributed by atoms with Gasteiger partial charge in [0.1, 0.15) is 0 Å². The summed E-state index contributed by atoms with van der Waals surface area (Å²) in [6, 6.07) is 5.41. The van der Waals surface area contributed by atoms with Gasteiger partial charge in [-0.2, -0.15) is 0 Å². The smallest absolute Gasteiger partial charge is 0.0762 e. The number of likely N-dealkylation sites (N-methyl/N-ethyl adjacent to an activating group) is 1. The maximum Gasteiger partial charge on any atom is 0.0762 e. The van der Waals surface area contributed by atoms with E-state index < -0.39 is 6.10 Å². The molecular formula is C14H21Cl2NO. The SMILES string of the molecule is CCC(C)(C(O)Cc1c(Cl)cccc1Cl)N(C)C. The Labute approximate surface area is 120 Å². The molecule has 0 spiro atoms. The Morgan fingerprint density at radius 3 is 2.17 bits per heavy atom. The predicted octanol–water partition coefficient (Wildman–Crippen LogP) is 3.63. The van der Waals surface area contributed by atoms with Crippen LogP contribution in [0, 0.1) is 0 Å². The average molecular weight is 290 g/mol. The van der Waals surface area contributed by atoms with E-state index in [1.807, 2.05) is 32.0 Å². The first-order valence-corrected chi connectivity index (χ1v) is 6.87. The van der Waals surface area contributed by atoms with Gasteiger partial charge in [-0.3, -0.25) is 0 Å². The molecule has 0 aliphatic rings. The summed E-state index contributed by atoms with van der Waals surface area (Å²) in [6.45, 7) is 4.11. The average Bonchev–Trinajstić information content (AvgIpc) is 2.32. The molecule has 0 radical (unpaired) electrons. The highest BCUT2D eigenvalue weighted by atomic mass is 35.5. The third kappa shape index (κ3) is 3.18. The maximum atomic E-state index is 10.5. The van der Waals surface area contributed by atoms with E-state index in [-0.39, 0.29) is 5.54 Å². The number of aliphatic hydroxyl groups is 1. The molecule has 0 aliphatic carbocycles. The van der Waals surface area contributed by atoms with Crippen LogP contribution in [0.15, 0.2) is 18.2 Å². The first-order chi connectivity index (χ1) is 8.32. The number of rotatable bonds is 5. The number of benzene rings is 1. The lowest BCUT2D eigenvalue weighted by Crippen LogP contribution is -2.51. The molecule has 0 bridgehead atoms. The van der Waals surface area contributed by atoms with Gasteiger partial charge in [0.15, 0.2) is 0 Å². The van der Waals surface area contributed by atoms with Crippen LogP contribution in [0.2, 0.25) is 10.0 Å². The molecule has 0 fully saturated rings. The number of hydrogen-bond donors (Lipinski definition) is 1. The van der Waals surface area contributed by atoms with Crippen molar-refractivity contribution in [1.29, 1.82) is 0 Å². The quantitative estimate of drug-likeness (QED) is 0.895. The molecule has 1 aromatic carbocycles. The Morgan fingerprint density at radius 1 is 1.28 bits per heavy atom. The van der Waals surface area contributed by atoms with E-state index in [2.05, 4.69) is 6.92 Å². The highest BCUT2D eigenvalue weighted by molar-refractivity contribution is 6.36. The minimum Gasteiger partial charge on any atom is -0.391 e. The number of hydrogen-bond acceptors (Lipinski definition) is 2. The third-order valence-corrected chi connectivity index (χ3v) is 4.62. The molecule has 18 heavy (non-hydrogen) atoms. The molecule has 0 heterocycles. The minimum absolute atomic E-state index is 0.289. The lowest BCUT2D eigenvalue weighted by molar-refractivity contribution is 0.00303. The van der Waals surface area contributed by atoms with Crippen LogP contribution < -0.4 is 0 Å². The van der Waals surface area contributed by atoms with E-state index >= 15 is 0 Å². The van der Waals surface area contributed by atoms with Crippen molar-refractivity contribution in [3.8, 4) is 0 Å². The highest BCUT2D eigenvalue weighted by Gasteiger charge is 2.34. The van der Waals surface area contributed by atoms with Crippen molar-refractivity contribution < 1.29 is 5.11 Å². The zero-order valence-electron chi connectivity index (χ0n) is 11.4. The first-order valence-electron chi connectivity index (χ1n) is 6.11.